The third-order valence-electron chi connectivity index (χ3n) is 4.56. The molecular weight excluding hydrogens is 344 g/mol. The van der Waals surface area contributed by atoms with Crippen LogP contribution in [0.25, 0.3) is 16.9 Å². The molecule has 0 unspecified atom stereocenters. The quantitative estimate of drug-likeness (QED) is 0.426. The van der Waals surface area contributed by atoms with Crippen molar-refractivity contribution in [2.24, 2.45) is 4.99 Å². The van der Waals surface area contributed by atoms with E-state index in [0.717, 1.165) is 18.4 Å². The Kier molecular flexibility index (Phi) is 4.19. The van der Waals surface area contributed by atoms with E-state index < -0.39 is 4.92 Å². The van der Waals surface area contributed by atoms with E-state index in [9.17, 15) is 14.9 Å². The molecule has 7 nitrogen and oxygen atoms in total. The van der Waals surface area contributed by atoms with Crippen LogP contribution in [0.15, 0.2) is 64.4 Å². The summed E-state index contributed by atoms with van der Waals surface area (Å²) >= 11 is 0. The first kappa shape index (κ1) is 17.0. The maximum absolute atomic E-state index is 13.1. The third kappa shape index (κ3) is 3.31. The number of aliphatic imine (C=N–C) groups is 1. The lowest BCUT2D eigenvalue weighted by molar-refractivity contribution is -0.384. The van der Waals surface area contributed by atoms with Gasteiger partial charge in [-0.3, -0.25) is 25.0 Å². The molecule has 1 N–H and O–H groups in total. The Bertz CT molecular complexity index is 1070. The maximum Gasteiger partial charge on any atom is 0.280 e. The Morgan fingerprint density at radius 2 is 1.81 bits per heavy atom. The summed E-state index contributed by atoms with van der Waals surface area (Å²) in [5, 5.41) is 14.0. The van der Waals surface area contributed by atoms with E-state index in [1.165, 1.54) is 16.8 Å². The molecule has 1 saturated carbocycles. The fourth-order valence-electron chi connectivity index (χ4n) is 3.03. The Balaban J connectivity index is 1.87. The molecule has 27 heavy (non-hydrogen) atoms. The van der Waals surface area contributed by atoms with Gasteiger partial charge in [0.25, 0.3) is 11.2 Å². The zero-order valence-electron chi connectivity index (χ0n) is 14.8. The number of hydrogen-bond acceptors (Lipinski definition) is 4. The number of nitro groups is 1. The molecule has 136 valence electrons. The van der Waals surface area contributed by atoms with Gasteiger partial charge in [0, 0.05) is 23.4 Å². The van der Waals surface area contributed by atoms with Crippen molar-refractivity contribution in [1.29, 1.82) is 0 Å². The third-order valence-corrected chi connectivity index (χ3v) is 4.56. The fraction of sp³-hybridized carbons (Fsp3) is 0.200. The van der Waals surface area contributed by atoms with Crippen molar-refractivity contribution in [3.8, 4) is 16.9 Å². The number of nitrogens with zero attached hydrogens (tertiary/aromatic N) is 3. The normalized spacial score (nSPS) is 14.3. The van der Waals surface area contributed by atoms with Gasteiger partial charge in [0.2, 0.25) is 0 Å². The molecule has 0 amide bonds. The topological polar surface area (TPSA) is 93.3 Å². The standard InChI is InChI=1S/C20H18N4O3/c1-13(21-15-7-8-15)18-19(14-5-3-2-4-6-14)22-23(20(18)25)16-9-11-17(12-10-16)24(26)27/h2-6,9-12,15,22H,7-8H2,1H3. The highest BCUT2D eigenvalue weighted by atomic mass is 16.6. The van der Waals surface area contributed by atoms with E-state index in [1.807, 2.05) is 37.3 Å². The van der Waals surface area contributed by atoms with Gasteiger partial charge in [-0.15, -0.1) is 0 Å². The van der Waals surface area contributed by atoms with Crippen molar-refractivity contribution in [3.63, 3.8) is 0 Å². The second-order valence-corrected chi connectivity index (χ2v) is 6.59. The van der Waals surface area contributed by atoms with Gasteiger partial charge in [-0.1, -0.05) is 30.3 Å². The number of H-pyrrole nitrogens is 1. The molecule has 1 aliphatic rings. The average molecular weight is 362 g/mol. The molecule has 0 spiro atoms. The number of aromatic amines is 1. The predicted molar refractivity (Wildman–Crippen MR) is 104 cm³/mol. The molecule has 0 saturated heterocycles. The van der Waals surface area contributed by atoms with E-state index >= 15 is 0 Å². The Labute approximate surface area is 155 Å². The zero-order valence-corrected chi connectivity index (χ0v) is 14.8. The molecule has 0 atom stereocenters. The van der Waals surface area contributed by atoms with Gasteiger partial charge in [-0.2, -0.15) is 0 Å². The summed E-state index contributed by atoms with van der Waals surface area (Å²) in [7, 11) is 0. The number of nitro benzene ring substituents is 1. The van der Waals surface area contributed by atoms with Crippen molar-refractivity contribution in [1.82, 2.24) is 9.78 Å². The number of nitrogens with one attached hydrogen (secondary N) is 1. The first-order valence-electron chi connectivity index (χ1n) is 8.74. The summed E-state index contributed by atoms with van der Waals surface area (Å²) in [6, 6.07) is 15.8. The summed E-state index contributed by atoms with van der Waals surface area (Å²) in [6.45, 7) is 1.86. The first-order valence-corrected chi connectivity index (χ1v) is 8.74. The molecule has 0 bridgehead atoms. The van der Waals surface area contributed by atoms with Gasteiger partial charge in [0.15, 0.2) is 0 Å². The number of rotatable bonds is 5. The van der Waals surface area contributed by atoms with E-state index in [-0.39, 0.29) is 11.2 Å². The molecule has 0 radical (unpaired) electrons. The molecule has 0 aliphatic heterocycles. The predicted octanol–water partition coefficient (Wildman–Crippen LogP) is 3.71. The van der Waals surface area contributed by atoms with Gasteiger partial charge < -0.3 is 0 Å². The molecule has 2 aromatic carbocycles. The van der Waals surface area contributed by atoms with E-state index in [4.69, 9.17) is 0 Å². The van der Waals surface area contributed by atoms with E-state index in [0.29, 0.717) is 28.7 Å². The van der Waals surface area contributed by atoms with E-state index in [2.05, 4.69) is 10.1 Å². The summed E-state index contributed by atoms with van der Waals surface area (Å²) in [5.41, 5.74) is 3.12. The fourth-order valence-corrected chi connectivity index (χ4v) is 3.03. The van der Waals surface area contributed by atoms with Crippen molar-refractivity contribution < 1.29 is 4.92 Å². The molecule has 1 aliphatic carbocycles. The zero-order chi connectivity index (χ0) is 19.0. The maximum atomic E-state index is 13.1. The number of aromatic nitrogens is 2. The number of hydrogen-bond donors (Lipinski definition) is 1. The van der Waals surface area contributed by atoms with Crippen molar-refractivity contribution in [2.75, 3.05) is 0 Å². The van der Waals surface area contributed by atoms with Crippen molar-refractivity contribution in [3.05, 3.63) is 80.6 Å². The SMILES string of the molecule is CC(=NC1CC1)c1c(-c2ccccc2)[nH]n(-c2ccc([N+](=O)[O-])cc2)c1=O. The van der Waals surface area contributed by atoms with Crippen LogP contribution < -0.4 is 5.56 Å². The van der Waals surface area contributed by atoms with Gasteiger partial charge in [0.1, 0.15) is 0 Å². The molecule has 1 aromatic heterocycles. The van der Waals surface area contributed by atoms with Crippen LogP contribution >= 0.6 is 0 Å². The van der Waals surface area contributed by atoms with Crippen LogP contribution in [0.1, 0.15) is 25.3 Å². The van der Waals surface area contributed by atoms with Gasteiger partial charge in [0.05, 0.1) is 27.9 Å². The second-order valence-electron chi connectivity index (χ2n) is 6.59. The summed E-state index contributed by atoms with van der Waals surface area (Å²) in [5.74, 6) is 0. The smallest absolute Gasteiger partial charge is 0.280 e. The Morgan fingerprint density at radius 3 is 2.41 bits per heavy atom. The lowest BCUT2D eigenvalue weighted by Gasteiger charge is -2.03. The van der Waals surface area contributed by atoms with Crippen LogP contribution in [-0.2, 0) is 0 Å². The van der Waals surface area contributed by atoms with Crippen LogP contribution in [0.3, 0.4) is 0 Å². The van der Waals surface area contributed by atoms with Crippen LogP contribution in [0, 0.1) is 10.1 Å². The molecule has 3 aromatic rings. The average Bonchev–Trinajstić information content (AvgIpc) is 3.42. The molecule has 1 fully saturated rings. The largest absolute Gasteiger partial charge is 0.290 e. The van der Waals surface area contributed by atoms with Crippen LogP contribution in [-0.4, -0.2) is 26.5 Å². The van der Waals surface area contributed by atoms with Crippen LogP contribution in [0.4, 0.5) is 5.69 Å². The highest BCUT2D eigenvalue weighted by Gasteiger charge is 2.24. The highest BCUT2D eigenvalue weighted by molar-refractivity contribution is 6.03. The second kappa shape index (κ2) is 6.68. The Hall–Kier alpha value is -3.48. The van der Waals surface area contributed by atoms with Gasteiger partial charge in [-0.05, 0) is 31.9 Å². The first-order chi connectivity index (χ1) is 13.0. The van der Waals surface area contributed by atoms with Gasteiger partial charge >= 0.3 is 0 Å². The van der Waals surface area contributed by atoms with Crippen molar-refractivity contribution in [2.45, 2.75) is 25.8 Å². The molecule has 1 heterocycles. The minimum absolute atomic E-state index is 0.0201. The lowest BCUT2D eigenvalue weighted by Crippen LogP contribution is -2.19. The van der Waals surface area contributed by atoms with E-state index in [1.54, 1.807) is 12.1 Å². The molecule has 7 heteroatoms. The lowest BCUT2D eigenvalue weighted by atomic mass is 10.1. The summed E-state index contributed by atoms with van der Waals surface area (Å²) in [6.07, 6.45) is 2.11. The number of benzene rings is 2. The van der Waals surface area contributed by atoms with Gasteiger partial charge in [-0.25, -0.2) is 4.68 Å². The minimum Gasteiger partial charge on any atom is -0.290 e. The molecular formula is C20H18N4O3. The van der Waals surface area contributed by atoms with Crippen LogP contribution in [0.5, 0.6) is 0 Å². The Morgan fingerprint density at radius 1 is 1.15 bits per heavy atom. The highest BCUT2D eigenvalue weighted by Crippen LogP contribution is 2.27. The summed E-state index contributed by atoms with van der Waals surface area (Å²) in [4.78, 5) is 28.2. The van der Waals surface area contributed by atoms with Crippen LogP contribution in [0.2, 0.25) is 0 Å². The molecule has 4 rings (SSSR count). The number of non-ortho nitro benzene ring substituents is 1. The summed E-state index contributed by atoms with van der Waals surface area (Å²) < 4.78 is 1.41. The monoisotopic (exact) mass is 362 g/mol. The minimum atomic E-state index is -0.464. The van der Waals surface area contributed by atoms with Crippen molar-refractivity contribution >= 4 is 11.4 Å².